The molecule has 3 heterocycles. The first kappa shape index (κ1) is 17.9. The van der Waals surface area contributed by atoms with Crippen molar-refractivity contribution in [2.75, 3.05) is 45.9 Å². The van der Waals surface area contributed by atoms with Crippen LogP contribution in [0.25, 0.3) is 0 Å². The summed E-state index contributed by atoms with van der Waals surface area (Å²) in [7, 11) is 1.83. The number of nitrogens with one attached hydrogen (secondary N) is 1. The minimum Gasteiger partial charge on any atom is -0.378 e. The number of rotatable bonds is 4. The Balaban J connectivity index is 1.50. The molecular weight excluding hydrogens is 322 g/mol. The number of amides is 2. The van der Waals surface area contributed by atoms with E-state index in [4.69, 9.17) is 4.74 Å². The van der Waals surface area contributed by atoms with Crippen molar-refractivity contribution in [3.05, 3.63) is 17.5 Å². The minimum absolute atomic E-state index is 0.0565. The van der Waals surface area contributed by atoms with E-state index in [9.17, 15) is 9.59 Å². The molecule has 0 saturated carbocycles. The highest BCUT2D eigenvalue weighted by Crippen LogP contribution is 2.12. The van der Waals surface area contributed by atoms with Crippen LogP contribution >= 0.6 is 0 Å². The zero-order valence-electron chi connectivity index (χ0n) is 15.0. The summed E-state index contributed by atoms with van der Waals surface area (Å²) in [5, 5.41) is 7.28. The summed E-state index contributed by atoms with van der Waals surface area (Å²) >= 11 is 0. The summed E-state index contributed by atoms with van der Waals surface area (Å²) in [6.45, 7) is 6.51. The Labute approximate surface area is 148 Å². The molecule has 1 aromatic rings. The van der Waals surface area contributed by atoms with Gasteiger partial charge in [0, 0.05) is 38.4 Å². The fourth-order valence-electron chi connectivity index (χ4n) is 3.35. The van der Waals surface area contributed by atoms with Gasteiger partial charge in [-0.25, -0.2) is 0 Å². The molecule has 8 nitrogen and oxygen atoms in total. The first-order chi connectivity index (χ1) is 12.0. The SMILES string of the molecule is Cc1cc(C(=O)NC2CCCN(CC(=O)N3CCOCC3)C2)nn1C. The Hall–Kier alpha value is -1.93. The van der Waals surface area contributed by atoms with Crippen LogP contribution in [-0.4, -0.2) is 83.4 Å². The molecule has 1 unspecified atom stereocenters. The number of carbonyl (C=O) groups excluding carboxylic acids is 2. The van der Waals surface area contributed by atoms with Crippen LogP contribution in [-0.2, 0) is 16.6 Å². The molecule has 2 aliphatic heterocycles. The molecule has 138 valence electrons. The topological polar surface area (TPSA) is 79.7 Å². The Morgan fingerprint density at radius 3 is 2.76 bits per heavy atom. The summed E-state index contributed by atoms with van der Waals surface area (Å²) in [5.41, 5.74) is 1.40. The number of aromatic nitrogens is 2. The van der Waals surface area contributed by atoms with Crippen molar-refractivity contribution < 1.29 is 14.3 Å². The van der Waals surface area contributed by atoms with Crippen LogP contribution in [0.3, 0.4) is 0 Å². The quantitative estimate of drug-likeness (QED) is 0.813. The molecule has 2 amide bonds. The van der Waals surface area contributed by atoms with Crippen LogP contribution in [0.15, 0.2) is 6.07 Å². The zero-order chi connectivity index (χ0) is 17.8. The average Bonchev–Trinajstić information content (AvgIpc) is 2.95. The maximum atomic E-state index is 12.4. The molecule has 2 fully saturated rings. The van der Waals surface area contributed by atoms with E-state index in [1.54, 1.807) is 10.7 Å². The Morgan fingerprint density at radius 1 is 1.32 bits per heavy atom. The smallest absolute Gasteiger partial charge is 0.272 e. The number of ether oxygens (including phenoxy) is 1. The van der Waals surface area contributed by atoms with Gasteiger partial charge in [-0.1, -0.05) is 0 Å². The number of hydrogen-bond acceptors (Lipinski definition) is 5. The molecule has 2 saturated heterocycles. The standard InChI is InChI=1S/C17H27N5O3/c1-13-10-15(19-20(13)2)17(24)18-14-4-3-5-21(11-14)12-16(23)22-6-8-25-9-7-22/h10,14H,3-9,11-12H2,1-2H3,(H,18,24). The fourth-order valence-corrected chi connectivity index (χ4v) is 3.35. The van der Waals surface area contributed by atoms with Gasteiger partial charge in [0.15, 0.2) is 0 Å². The number of likely N-dealkylation sites (tertiary alicyclic amines) is 1. The lowest BCUT2D eigenvalue weighted by atomic mass is 10.1. The summed E-state index contributed by atoms with van der Waals surface area (Å²) < 4.78 is 6.99. The summed E-state index contributed by atoms with van der Waals surface area (Å²) in [6.07, 6.45) is 1.91. The fraction of sp³-hybridized carbons (Fsp3) is 0.706. The predicted molar refractivity (Wildman–Crippen MR) is 92.3 cm³/mol. The summed E-state index contributed by atoms with van der Waals surface area (Å²) in [6, 6.07) is 1.85. The third-order valence-electron chi connectivity index (χ3n) is 4.91. The van der Waals surface area contributed by atoms with Crippen LogP contribution in [0.5, 0.6) is 0 Å². The highest BCUT2D eigenvalue weighted by Gasteiger charge is 2.26. The van der Waals surface area contributed by atoms with Gasteiger partial charge < -0.3 is 15.0 Å². The molecule has 1 atom stereocenters. The van der Waals surface area contributed by atoms with E-state index in [2.05, 4.69) is 15.3 Å². The summed E-state index contributed by atoms with van der Waals surface area (Å²) in [5.74, 6) is 0.00526. The number of aryl methyl sites for hydroxylation is 2. The predicted octanol–water partition coefficient (Wildman–Crippen LogP) is -0.218. The number of morpholine rings is 1. The Bertz CT molecular complexity index is 604. The number of piperidine rings is 1. The number of carbonyl (C=O) groups is 2. The summed E-state index contributed by atoms with van der Waals surface area (Å²) in [4.78, 5) is 28.7. The number of nitrogens with zero attached hydrogens (tertiary/aromatic N) is 4. The normalized spacial score (nSPS) is 22.0. The van der Waals surface area contributed by atoms with E-state index < -0.39 is 0 Å². The van der Waals surface area contributed by atoms with Gasteiger partial charge in [-0.05, 0) is 32.4 Å². The molecule has 1 N–H and O–H groups in total. The van der Waals surface area contributed by atoms with Crippen LogP contribution in [0.1, 0.15) is 29.0 Å². The molecule has 3 rings (SSSR count). The van der Waals surface area contributed by atoms with E-state index in [1.807, 2.05) is 18.9 Å². The second kappa shape index (κ2) is 7.97. The molecular formula is C17H27N5O3. The minimum atomic E-state index is -0.143. The molecule has 1 aromatic heterocycles. The molecule has 0 aliphatic carbocycles. The van der Waals surface area contributed by atoms with Crippen molar-refractivity contribution in [3.8, 4) is 0 Å². The van der Waals surface area contributed by atoms with Gasteiger partial charge in [0.25, 0.3) is 5.91 Å². The van der Waals surface area contributed by atoms with E-state index in [1.165, 1.54) is 0 Å². The van der Waals surface area contributed by atoms with Crippen LogP contribution in [0.4, 0.5) is 0 Å². The van der Waals surface area contributed by atoms with Crippen LogP contribution < -0.4 is 5.32 Å². The molecule has 0 aromatic carbocycles. The Kier molecular flexibility index (Phi) is 5.70. The van der Waals surface area contributed by atoms with E-state index in [-0.39, 0.29) is 17.9 Å². The van der Waals surface area contributed by atoms with Gasteiger partial charge in [-0.2, -0.15) is 5.10 Å². The van der Waals surface area contributed by atoms with Crippen molar-refractivity contribution in [1.29, 1.82) is 0 Å². The van der Waals surface area contributed by atoms with E-state index in [0.717, 1.165) is 25.1 Å². The second-order valence-corrected chi connectivity index (χ2v) is 6.84. The van der Waals surface area contributed by atoms with Crippen molar-refractivity contribution in [2.45, 2.75) is 25.8 Å². The van der Waals surface area contributed by atoms with Gasteiger partial charge in [0.1, 0.15) is 5.69 Å². The monoisotopic (exact) mass is 349 g/mol. The molecule has 25 heavy (non-hydrogen) atoms. The lowest BCUT2D eigenvalue weighted by Gasteiger charge is -2.34. The van der Waals surface area contributed by atoms with Crippen molar-refractivity contribution >= 4 is 11.8 Å². The Morgan fingerprint density at radius 2 is 2.08 bits per heavy atom. The highest BCUT2D eigenvalue weighted by molar-refractivity contribution is 5.92. The lowest BCUT2D eigenvalue weighted by molar-refractivity contribution is -0.136. The van der Waals surface area contributed by atoms with Crippen molar-refractivity contribution in [2.24, 2.45) is 7.05 Å². The molecule has 0 bridgehead atoms. The van der Waals surface area contributed by atoms with Crippen LogP contribution in [0.2, 0.25) is 0 Å². The molecule has 0 radical (unpaired) electrons. The first-order valence-electron chi connectivity index (χ1n) is 8.92. The van der Waals surface area contributed by atoms with Crippen LogP contribution in [0, 0.1) is 6.92 Å². The highest BCUT2D eigenvalue weighted by atomic mass is 16.5. The maximum absolute atomic E-state index is 12.4. The molecule has 8 heteroatoms. The maximum Gasteiger partial charge on any atom is 0.272 e. The van der Waals surface area contributed by atoms with Gasteiger partial charge >= 0.3 is 0 Å². The molecule has 0 spiro atoms. The molecule has 2 aliphatic rings. The first-order valence-corrected chi connectivity index (χ1v) is 8.92. The van der Waals surface area contributed by atoms with Crippen molar-refractivity contribution in [1.82, 2.24) is 24.9 Å². The van der Waals surface area contributed by atoms with Crippen molar-refractivity contribution in [3.63, 3.8) is 0 Å². The third kappa shape index (κ3) is 4.58. The van der Waals surface area contributed by atoms with Gasteiger partial charge in [0.2, 0.25) is 5.91 Å². The number of hydrogen-bond donors (Lipinski definition) is 1. The lowest BCUT2D eigenvalue weighted by Crippen LogP contribution is -2.52. The zero-order valence-corrected chi connectivity index (χ0v) is 15.0. The average molecular weight is 349 g/mol. The van der Waals surface area contributed by atoms with E-state index in [0.29, 0.717) is 45.1 Å². The van der Waals surface area contributed by atoms with E-state index >= 15 is 0 Å². The second-order valence-electron chi connectivity index (χ2n) is 6.84. The largest absolute Gasteiger partial charge is 0.378 e. The van der Waals surface area contributed by atoms with Gasteiger partial charge in [-0.3, -0.25) is 19.2 Å². The third-order valence-corrected chi connectivity index (χ3v) is 4.91. The van der Waals surface area contributed by atoms with Gasteiger partial charge in [-0.15, -0.1) is 0 Å². The van der Waals surface area contributed by atoms with Gasteiger partial charge in [0.05, 0.1) is 19.8 Å².